The average molecular weight is 271 g/mol. The van der Waals surface area contributed by atoms with Gasteiger partial charge in [0, 0.05) is 18.3 Å². The molecule has 20 heavy (non-hydrogen) atoms. The zero-order chi connectivity index (χ0) is 14.2. The van der Waals surface area contributed by atoms with Gasteiger partial charge >= 0.3 is 0 Å². The standard InChI is InChI=1S/C16H21N3O/c1-3-10-17-16-18-11-9-14(19-16)13-7-5-6-8-15(13)20-12-4-2/h5-9,11H,3-4,10,12H2,1-2H3,(H,17,18,19). The highest BCUT2D eigenvalue weighted by Gasteiger charge is 2.08. The Morgan fingerprint density at radius 1 is 1.10 bits per heavy atom. The lowest BCUT2D eigenvalue weighted by molar-refractivity contribution is 0.318. The Hall–Kier alpha value is -2.10. The number of ether oxygens (including phenoxy) is 1. The van der Waals surface area contributed by atoms with E-state index in [0.717, 1.165) is 36.4 Å². The molecule has 2 rings (SSSR count). The van der Waals surface area contributed by atoms with Gasteiger partial charge in [-0.2, -0.15) is 0 Å². The first kappa shape index (κ1) is 14.3. The molecule has 0 atom stereocenters. The van der Waals surface area contributed by atoms with Crippen molar-refractivity contribution < 1.29 is 4.74 Å². The first-order valence-electron chi connectivity index (χ1n) is 7.14. The first-order chi connectivity index (χ1) is 9.85. The van der Waals surface area contributed by atoms with Crippen LogP contribution in [0.1, 0.15) is 26.7 Å². The van der Waals surface area contributed by atoms with Crippen LogP contribution in [0.3, 0.4) is 0 Å². The van der Waals surface area contributed by atoms with Crippen LogP contribution in [0.15, 0.2) is 36.5 Å². The maximum absolute atomic E-state index is 5.78. The van der Waals surface area contributed by atoms with Crippen LogP contribution in [0.2, 0.25) is 0 Å². The number of nitrogens with one attached hydrogen (secondary N) is 1. The Morgan fingerprint density at radius 2 is 1.95 bits per heavy atom. The molecule has 1 N–H and O–H groups in total. The van der Waals surface area contributed by atoms with Gasteiger partial charge in [0.05, 0.1) is 12.3 Å². The summed E-state index contributed by atoms with van der Waals surface area (Å²) in [5.41, 5.74) is 1.88. The molecule has 0 spiro atoms. The van der Waals surface area contributed by atoms with E-state index in [2.05, 4.69) is 29.1 Å². The largest absolute Gasteiger partial charge is 0.493 e. The van der Waals surface area contributed by atoms with Crippen LogP contribution in [0.25, 0.3) is 11.3 Å². The van der Waals surface area contributed by atoms with Crippen LogP contribution in [0.4, 0.5) is 5.95 Å². The third-order valence-electron chi connectivity index (χ3n) is 2.81. The van der Waals surface area contributed by atoms with Gasteiger partial charge in [-0.15, -0.1) is 0 Å². The van der Waals surface area contributed by atoms with Crippen molar-refractivity contribution in [2.45, 2.75) is 26.7 Å². The minimum Gasteiger partial charge on any atom is -0.493 e. The van der Waals surface area contributed by atoms with Crippen molar-refractivity contribution in [3.63, 3.8) is 0 Å². The fraction of sp³-hybridized carbons (Fsp3) is 0.375. The molecular formula is C16H21N3O. The highest BCUT2D eigenvalue weighted by Crippen LogP contribution is 2.28. The van der Waals surface area contributed by atoms with Crippen LogP contribution in [-0.2, 0) is 0 Å². The summed E-state index contributed by atoms with van der Waals surface area (Å²) in [6.07, 6.45) is 3.81. The van der Waals surface area contributed by atoms with Gasteiger partial charge in [-0.05, 0) is 31.0 Å². The predicted octanol–water partition coefficient (Wildman–Crippen LogP) is 3.75. The van der Waals surface area contributed by atoms with E-state index in [9.17, 15) is 0 Å². The number of benzene rings is 1. The van der Waals surface area contributed by atoms with Gasteiger partial charge in [0.25, 0.3) is 0 Å². The van der Waals surface area contributed by atoms with Crippen molar-refractivity contribution in [2.75, 3.05) is 18.5 Å². The van der Waals surface area contributed by atoms with Crippen molar-refractivity contribution >= 4 is 5.95 Å². The lowest BCUT2D eigenvalue weighted by Crippen LogP contribution is -2.04. The summed E-state index contributed by atoms with van der Waals surface area (Å²) in [6, 6.07) is 9.88. The molecule has 1 heterocycles. The molecule has 0 aliphatic rings. The normalized spacial score (nSPS) is 10.3. The molecule has 0 amide bonds. The number of hydrogen-bond acceptors (Lipinski definition) is 4. The zero-order valence-corrected chi connectivity index (χ0v) is 12.1. The van der Waals surface area contributed by atoms with E-state index in [-0.39, 0.29) is 0 Å². The molecule has 1 aromatic heterocycles. The van der Waals surface area contributed by atoms with E-state index in [0.29, 0.717) is 12.6 Å². The van der Waals surface area contributed by atoms with Gasteiger partial charge in [-0.25, -0.2) is 9.97 Å². The fourth-order valence-corrected chi connectivity index (χ4v) is 1.85. The molecular weight excluding hydrogens is 250 g/mol. The second kappa shape index (κ2) is 7.48. The maximum atomic E-state index is 5.78. The lowest BCUT2D eigenvalue weighted by atomic mass is 10.1. The Morgan fingerprint density at radius 3 is 2.75 bits per heavy atom. The van der Waals surface area contributed by atoms with Crippen molar-refractivity contribution in [3.05, 3.63) is 36.5 Å². The molecule has 2 aromatic rings. The molecule has 0 saturated heterocycles. The Bertz CT molecular complexity index is 543. The van der Waals surface area contributed by atoms with Crippen LogP contribution >= 0.6 is 0 Å². The monoisotopic (exact) mass is 271 g/mol. The third kappa shape index (κ3) is 3.70. The van der Waals surface area contributed by atoms with Gasteiger partial charge in [-0.3, -0.25) is 0 Å². The number of hydrogen-bond donors (Lipinski definition) is 1. The van der Waals surface area contributed by atoms with E-state index in [1.54, 1.807) is 6.20 Å². The quantitative estimate of drug-likeness (QED) is 0.833. The zero-order valence-electron chi connectivity index (χ0n) is 12.1. The Labute approximate surface area is 120 Å². The summed E-state index contributed by atoms with van der Waals surface area (Å²) in [4.78, 5) is 8.78. The third-order valence-corrected chi connectivity index (χ3v) is 2.81. The van der Waals surface area contributed by atoms with Crippen LogP contribution < -0.4 is 10.1 Å². The van der Waals surface area contributed by atoms with Gasteiger partial charge in [-0.1, -0.05) is 26.0 Å². The number of anilines is 1. The molecule has 0 unspecified atom stereocenters. The van der Waals surface area contributed by atoms with E-state index >= 15 is 0 Å². The topological polar surface area (TPSA) is 47.0 Å². The molecule has 0 aliphatic heterocycles. The summed E-state index contributed by atoms with van der Waals surface area (Å²) in [5, 5.41) is 3.20. The second-order valence-corrected chi connectivity index (χ2v) is 4.54. The summed E-state index contributed by atoms with van der Waals surface area (Å²) >= 11 is 0. The summed E-state index contributed by atoms with van der Waals surface area (Å²) in [7, 11) is 0. The molecule has 0 saturated carbocycles. The van der Waals surface area contributed by atoms with Gasteiger partial charge in [0.2, 0.25) is 5.95 Å². The summed E-state index contributed by atoms with van der Waals surface area (Å²) in [5.74, 6) is 1.53. The van der Waals surface area contributed by atoms with Crippen molar-refractivity contribution in [3.8, 4) is 17.0 Å². The molecule has 4 heteroatoms. The second-order valence-electron chi connectivity index (χ2n) is 4.54. The number of nitrogens with zero attached hydrogens (tertiary/aromatic N) is 2. The molecule has 1 aromatic carbocycles. The molecule has 0 bridgehead atoms. The minimum absolute atomic E-state index is 0.662. The SMILES string of the molecule is CCCNc1nccc(-c2ccccc2OCCC)n1. The van der Waals surface area contributed by atoms with Crippen LogP contribution in [0.5, 0.6) is 5.75 Å². The molecule has 4 nitrogen and oxygen atoms in total. The molecule has 0 aliphatic carbocycles. The van der Waals surface area contributed by atoms with Crippen molar-refractivity contribution in [2.24, 2.45) is 0 Å². The van der Waals surface area contributed by atoms with Gasteiger partial charge in [0.1, 0.15) is 5.75 Å². The van der Waals surface area contributed by atoms with E-state index in [1.165, 1.54) is 0 Å². The summed E-state index contributed by atoms with van der Waals surface area (Å²) in [6.45, 7) is 5.80. The van der Waals surface area contributed by atoms with Crippen molar-refractivity contribution in [1.82, 2.24) is 9.97 Å². The van der Waals surface area contributed by atoms with E-state index in [4.69, 9.17) is 4.74 Å². The smallest absolute Gasteiger partial charge is 0.223 e. The van der Waals surface area contributed by atoms with Gasteiger partial charge in [0.15, 0.2) is 0 Å². The molecule has 0 radical (unpaired) electrons. The van der Waals surface area contributed by atoms with Crippen molar-refractivity contribution in [1.29, 1.82) is 0 Å². The lowest BCUT2D eigenvalue weighted by Gasteiger charge is -2.11. The highest BCUT2D eigenvalue weighted by molar-refractivity contribution is 5.67. The molecule has 106 valence electrons. The average Bonchev–Trinajstić information content (AvgIpc) is 2.51. The Balaban J connectivity index is 2.26. The van der Waals surface area contributed by atoms with Gasteiger partial charge < -0.3 is 10.1 Å². The first-order valence-corrected chi connectivity index (χ1v) is 7.14. The highest BCUT2D eigenvalue weighted by atomic mass is 16.5. The molecule has 0 fully saturated rings. The van der Waals surface area contributed by atoms with Crippen LogP contribution in [0, 0.1) is 0 Å². The number of rotatable bonds is 7. The van der Waals surface area contributed by atoms with E-state index < -0.39 is 0 Å². The number of aromatic nitrogens is 2. The fourth-order valence-electron chi connectivity index (χ4n) is 1.85. The minimum atomic E-state index is 0.662. The van der Waals surface area contributed by atoms with Crippen LogP contribution in [-0.4, -0.2) is 23.1 Å². The van der Waals surface area contributed by atoms with E-state index in [1.807, 2.05) is 30.3 Å². The maximum Gasteiger partial charge on any atom is 0.223 e. The summed E-state index contributed by atoms with van der Waals surface area (Å²) < 4.78 is 5.78. The predicted molar refractivity (Wildman–Crippen MR) is 82.0 cm³/mol. The number of para-hydroxylation sites is 1. The Kier molecular flexibility index (Phi) is 5.35.